The van der Waals surface area contributed by atoms with Crippen LogP contribution in [0.2, 0.25) is 0 Å². The highest BCUT2D eigenvalue weighted by Gasteiger charge is 2.31. The van der Waals surface area contributed by atoms with E-state index in [4.69, 9.17) is 18.9 Å². The number of hydrogen-bond donors (Lipinski definition) is 1. The lowest BCUT2D eigenvalue weighted by Gasteiger charge is -2.36. The summed E-state index contributed by atoms with van der Waals surface area (Å²) < 4.78 is 77.9. The minimum absolute atomic E-state index is 0.113. The maximum Gasteiger partial charge on any atom is 0.243 e. The molecule has 0 aromatic heterocycles. The van der Waals surface area contributed by atoms with Gasteiger partial charge in [0.15, 0.2) is 11.5 Å². The molecular weight excluding hydrogens is 522 g/mol. The molecule has 11 nitrogen and oxygen atoms in total. The van der Waals surface area contributed by atoms with Crippen LogP contribution in [0.3, 0.4) is 0 Å². The third-order valence-electron chi connectivity index (χ3n) is 6.56. The lowest BCUT2D eigenvalue weighted by molar-refractivity contribution is 0.114. The predicted octanol–water partition coefficient (Wildman–Crippen LogP) is 1.68. The summed E-state index contributed by atoms with van der Waals surface area (Å²) in [4.78, 5) is 2.15. The highest BCUT2D eigenvalue weighted by molar-refractivity contribution is 7.89. The van der Waals surface area contributed by atoms with Crippen molar-refractivity contribution >= 4 is 25.7 Å². The second kappa shape index (κ2) is 11.4. The Kier molecular flexibility index (Phi) is 8.49. The van der Waals surface area contributed by atoms with Gasteiger partial charge >= 0.3 is 0 Å². The summed E-state index contributed by atoms with van der Waals surface area (Å²) in [6.07, 6.45) is 1.63. The van der Waals surface area contributed by atoms with Crippen LogP contribution in [0.4, 0.5) is 5.69 Å². The molecule has 4 rings (SSSR count). The normalized spacial score (nSPS) is 19.1. The standard InChI is InChI=1S/C24H33N3O8S2/c1-32-22-8-6-19(36(28,29)25-17-18-5-4-14-35-18)15-21(22)26-10-12-27(13-11-26)37(30,31)20-7-9-23(33-2)24(16-20)34-3/h6-9,15-16,18,25H,4-5,10-14,17H2,1-3H3/t18-/m1/s1. The van der Waals surface area contributed by atoms with Crippen molar-refractivity contribution in [2.75, 3.05) is 65.6 Å². The number of sulfonamides is 2. The van der Waals surface area contributed by atoms with Crippen LogP contribution in [0.25, 0.3) is 0 Å². The summed E-state index contributed by atoms with van der Waals surface area (Å²) in [6, 6.07) is 9.17. The van der Waals surface area contributed by atoms with Crippen molar-refractivity contribution in [1.29, 1.82) is 0 Å². The number of benzene rings is 2. The van der Waals surface area contributed by atoms with E-state index in [-0.39, 0.29) is 35.5 Å². The van der Waals surface area contributed by atoms with Gasteiger partial charge in [0.25, 0.3) is 0 Å². The van der Waals surface area contributed by atoms with E-state index in [0.717, 1.165) is 12.8 Å². The molecule has 2 aliphatic heterocycles. The molecule has 37 heavy (non-hydrogen) atoms. The molecule has 2 fully saturated rings. The van der Waals surface area contributed by atoms with Gasteiger partial charge in [-0.2, -0.15) is 4.31 Å². The van der Waals surface area contributed by atoms with Crippen LogP contribution in [0.15, 0.2) is 46.2 Å². The summed E-state index contributed by atoms with van der Waals surface area (Å²) in [5.41, 5.74) is 0.589. The number of hydrogen-bond acceptors (Lipinski definition) is 9. The lowest BCUT2D eigenvalue weighted by Crippen LogP contribution is -2.48. The van der Waals surface area contributed by atoms with Gasteiger partial charge < -0.3 is 23.8 Å². The lowest BCUT2D eigenvalue weighted by atomic mass is 10.2. The number of piperazine rings is 1. The van der Waals surface area contributed by atoms with Gasteiger partial charge in [0.05, 0.1) is 42.9 Å². The molecular formula is C24H33N3O8S2. The predicted molar refractivity (Wildman–Crippen MR) is 138 cm³/mol. The summed E-state index contributed by atoms with van der Waals surface area (Å²) in [7, 11) is -3.07. The van der Waals surface area contributed by atoms with E-state index in [1.54, 1.807) is 18.2 Å². The number of rotatable bonds is 10. The fraction of sp³-hybridized carbons (Fsp3) is 0.500. The topological polar surface area (TPSA) is 124 Å². The molecule has 0 bridgehead atoms. The summed E-state index contributed by atoms with van der Waals surface area (Å²) in [6.45, 7) is 2.01. The molecule has 204 valence electrons. The quantitative estimate of drug-likeness (QED) is 0.466. The van der Waals surface area contributed by atoms with Crippen LogP contribution < -0.4 is 23.8 Å². The van der Waals surface area contributed by atoms with Gasteiger partial charge in [-0.15, -0.1) is 0 Å². The van der Waals surface area contributed by atoms with Gasteiger partial charge in [-0.05, 0) is 43.2 Å². The second-order valence-electron chi connectivity index (χ2n) is 8.73. The molecule has 0 unspecified atom stereocenters. The van der Waals surface area contributed by atoms with Gasteiger partial charge in [-0.3, -0.25) is 0 Å². The largest absolute Gasteiger partial charge is 0.495 e. The van der Waals surface area contributed by atoms with Gasteiger partial charge in [0.1, 0.15) is 5.75 Å². The van der Waals surface area contributed by atoms with E-state index in [1.807, 2.05) is 4.90 Å². The molecule has 0 saturated carbocycles. The fourth-order valence-electron chi connectivity index (χ4n) is 4.47. The molecule has 2 aromatic rings. The molecule has 1 N–H and O–H groups in total. The highest BCUT2D eigenvalue weighted by atomic mass is 32.2. The smallest absolute Gasteiger partial charge is 0.243 e. The van der Waals surface area contributed by atoms with Crippen molar-refractivity contribution in [3.63, 3.8) is 0 Å². The Bertz CT molecular complexity index is 1300. The first kappa shape index (κ1) is 27.5. The summed E-state index contributed by atoms with van der Waals surface area (Å²) in [5.74, 6) is 1.28. The van der Waals surface area contributed by atoms with Gasteiger partial charge in [0.2, 0.25) is 20.0 Å². The van der Waals surface area contributed by atoms with Crippen molar-refractivity contribution in [2.45, 2.75) is 28.7 Å². The molecule has 2 aliphatic rings. The molecule has 2 heterocycles. The maximum atomic E-state index is 13.3. The SMILES string of the molecule is COc1ccc(S(=O)(=O)N2CCN(c3cc(S(=O)(=O)NC[C@H]4CCCO4)ccc3OC)CC2)cc1OC. The molecule has 2 saturated heterocycles. The van der Waals surface area contributed by atoms with Gasteiger partial charge in [-0.1, -0.05) is 0 Å². The van der Waals surface area contributed by atoms with Crippen molar-refractivity contribution in [2.24, 2.45) is 0 Å². The Morgan fingerprint density at radius 1 is 0.865 bits per heavy atom. The van der Waals surface area contributed by atoms with Crippen molar-refractivity contribution in [1.82, 2.24) is 9.03 Å². The van der Waals surface area contributed by atoms with Crippen LogP contribution >= 0.6 is 0 Å². The Morgan fingerprint density at radius 2 is 1.51 bits per heavy atom. The Morgan fingerprint density at radius 3 is 2.14 bits per heavy atom. The number of anilines is 1. The first-order valence-electron chi connectivity index (χ1n) is 12.0. The van der Waals surface area contributed by atoms with Crippen LogP contribution in [0, 0.1) is 0 Å². The Labute approximate surface area is 218 Å². The van der Waals surface area contributed by atoms with E-state index < -0.39 is 20.0 Å². The summed E-state index contributed by atoms with van der Waals surface area (Å²) in [5, 5.41) is 0. The number of methoxy groups -OCH3 is 3. The molecule has 2 aromatic carbocycles. The van der Waals surface area contributed by atoms with Crippen LogP contribution in [0.5, 0.6) is 17.2 Å². The van der Waals surface area contributed by atoms with E-state index in [0.29, 0.717) is 42.6 Å². The fourth-order valence-corrected chi connectivity index (χ4v) is 6.99. The zero-order chi connectivity index (χ0) is 26.6. The minimum Gasteiger partial charge on any atom is -0.495 e. The third kappa shape index (κ3) is 5.96. The monoisotopic (exact) mass is 555 g/mol. The first-order valence-corrected chi connectivity index (χ1v) is 14.9. The average Bonchev–Trinajstić information content (AvgIpc) is 3.45. The average molecular weight is 556 g/mol. The maximum absolute atomic E-state index is 13.3. The molecule has 0 aliphatic carbocycles. The zero-order valence-electron chi connectivity index (χ0n) is 21.2. The molecule has 1 atom stereocenters. The molecule has 0 spiro atoms. The Balaban J connectivity index is 1.49. The third-order valence-corrected chi connectivity index (χ3v) is 9.87. The Hall–Kier alpha value is -2.58. The number of nitrogens with zero attached hydrogens (tertiary/aromatic N) is 2. The van der Waals surface area contributed by atoms with Crippen molar-refractivity contribution in [3.05, 3.63) is 36.4 Å². The number of ether oxygens (including phenoxy) is 4. The van der Waals surface area contributed by atoms with Crippen molar-refractivity contribution < 1.29 is 35.8 Å². The van der Waals surface area contributed by atoms with E-state index in [2.05, 4.69) is 4.72 Å². The van der Waals surface area contributed by atoms with E-state index in [1.165, 1.54) is 43.8 Å². The van der Waals surface area contributed by atoms with Crippen LogP contribution in [0.1, 0.15) is 12.8 Å². The van der Waals surface area contributed by atoms with Crippen LogP contribution in [-0.2, 0) is 24.8 Å². The van der Waals surface area contributed by atoms with E-state index >= 15 is 0 Å². The molecule has 13 heteroatoms. The van der Waals surface area contributed by atoms with Crippen molar-refractivity contribution in [3.8, 4) is 17.2 Å². The second-order valence-corrected chi connectivity index (χ2v) is 12.4. The van der Waals surface area contributed by atoms with E-state index in [9.17, 15) is 16.8 Å². The van der Waals surface area contributed by atoms with Crippen LogP contribution in [-0.4, -0.2) is 87.9 Å². The van der Waals surface area contributed by atoms with Gasteiger partial charge in [-0.25, -0.2) is 21.6 Å². The highest BCUT2D eigenvalue weighted by Crippen LogP contribution is 2.34. The minimum atomic E-state index is -3.77. The van der Waals surface area contributed by atoms with Gasteiger partial charge in [0, 0.05) is 45.4 Å². The first-order chi connectivity index (χ1) is 17.7. The molecule has 0 radical (unpaired) electrons. The zero-order valence-corrected chi connectivity index (χ0v) is 22.8. The molecule has 0 amide bonds. The number of nitrogens with one attached hydrogen (secondary N) is 1. The summed E-state index contributed by atoms with van der Waals surface area (Å²) >= 11 is 0.